The molecule has 4 aliphatic carbocycles. The Balaban J connectivity index is 1.32. The van der Waals surface area contributed by atoms with Crippen LogP contribution in [0.1, 0.15) is 125 Å². The molecule has 0 heterocycles. The molecule has 1 unspecified atom stereocenters. The van der Waals surface area contributed by atoms with Gasteiger partial charge in [-0.25, -0.2) is 4.79 Å². The van der Waals surface area contributed by atoms with Gasteiger partial charge in [0.15, 0.2) is 0 Å². The van der Waals surface area contributed by atoms with E-state index in [1.165, 1.54) is 57.8 Å². The summed E-state index contributed by atoms with van der Waals surface area (Å²) in [7, 11) is 0. The van der Waals surface area contributed by atoms with Crippen LogP contribution >= 0.6 is 0 Å². The summed E-state index contributed by atoms with van der Waals surface area (Å²) in [6, 6.07) is 0. The largest absolute Gasteiger partial charge is 0.459 e. The van der Waals surface area contributed by atoms with Crippen molar-refractivity contribution in [2.75, 3.05) is 0 Å². The lowest BCUT2D eigenvalue weighted by Crippen LogP contribution is -2.51. The molecule has 8 atom stereocenters. The Hall–Kier alpha value is -1.57. The predicted octanol–water partition coefficient (Wildman–Crippen LogP) is 10.4. The summed E-state index contributed by atoms with van der Waals surface area (Å²) in [6.07, 6.45) is 29.5. The standard InChI is InChI=1S/C37H58O2/c1-7-8-9-10-11-12-13-17-35(38)39-30-22-24-36(5)29(26-30)18-19-31-33-21-20-32(28(4)16-14-15-27(2)3)37(33,6)25-23-34(31)36/h7-9,13,17-18,27-28,30-34H,1,10-12,14-16,19-26H2,2-6H3/b9-8+,17-13+/t28-,30?,31+,32-,33+,34+,36+,37-/m1/s1. The fourth-order valence-corrected chi connectivity index (χ4v) is 9.68. The predicted molar refractivity (Wildman–Crippen MR) is 165 cm³/mol. The third kappa shape index (κ3) is 6.84. The van der Waals surface area contributed by atoms with Crippen LogP contribution < -0.4 is 0 Å². The molecule has 2 nitrogen and oxygen atoms in total. The smallest absolute Gasteiger partial charge is 0.330 e. The Labute approximate surface area is 240 Å². The van der Waals surface area contributed by atoms with Crippen molar-refractivity contribution in [3.8, 4) is 0 Å². The van der Waals surface area contributed by atoms with Gasteiger partial charge in [-0.2, -0.15) is 0 Å². The molecule has 0 radical (unpaired) electrons. The molecular weight excluding hydrogens is 476 g/mol. The van der Waals surface area contributed by atoms with Gasteiger partial charge in [-0.3, -0.25) is 0 Å². The van der Waals surface area contributed by atoms with Gasteiger partial charge in [-0.05, 0) is 111 Å². The molecule has 0 aliphatic heterocycles. The Kier molecular flexibility index (Phi) is 10.4. The van der Waals surface area contributed by atoms with Crippen LogP contribution in [0.15, 0.2) is 48.6 Å². The zero-order chi connectivity index (χ0) is 28.0. The summed E-state index contributed by atoms with van der Waals surface area (Å²) in [5.74, 6) is 5.03. The molecular formula is C37H58O2. The van der Waals surface area contributed by atoms with E-state index >= 15 is 0 Å². The Morgan fingerprint density at radius 2 is 1.82 bits per heavy atom. The molecule has 218 valence electrons. The first-order chi connectivity index (χ1) is 18.7. The second-order valence-corrected chi connectivity index (χ2v) is 14.6. The van der Waals surface area contributed by atoms with Crippen molar-refractivity contribution in [3.05, 3.63) is 48.6 Å². The molecule has 4 aliphatic rings. The Morgan fingerprint density at radius 3 is 2.59 bits per heavy atom. The first kappa shape index (κ1) is 30.4. The minimum absolute atomic E-state index is 0.0463. The van der Waals surface area contributed by atoms with Crippen LogP contribution in [0.25, 0.3) is 0 Å². The molecule has 0 amide bonds. The average Bonchev–Trinajstić information content (AvgIpc) is 3.25. The second kappa shape index (κ2) is 13.4. The number of unbranched alkanes of at least 4 members (excludes halogenated alkanes) is 2. The number of carbonyl (C=O) groups excluding carboxylic acids is 1. The summed E-state index contributed by atoms with van der Waals surface area (Å²) in [6.45, 7) is 16.3. The zero-order valence-electron chi connectivity index (χ0n) is 25.9. The lowest BCUT2D eigenvalue weighted by Gasteiger charge is -2.58. The lowest BCUT2D eigenvalue weighted by atomic mass is 9.47. The van der Waals surface area contributed by atoms with Gasteiger partial charge in [0.1, 0.15) is 6.10 Å². The highest BCUT2D eigenvalue weighted by atomic mass is 16.5. The van der Waals surface area contributed by atoms with Gasteiger partial charge in [0.25, 0.3) is 0 Å². The van der Waals surface area contributed by atoms with Crippen LogP contribution in [-0.2, 0) is 9.53 Å². The zero-order valence-corrected chi connectivity index (χ0v) is 25.9. The molecule has 0 aromatic heterocycles. The molecule has 3 saturated carbocycles. The summed E-state index contributed by atoms with van der Waals surface area (Å²) in [5.41, 5.74) is 2.45. The van der Waals surface area contributed by atoms with E-state index in [-0.39, 0.29) is 12.1 Å². The van der Waals surface area contributed by atoms with Crippen LogP contribution in [0.4, 0.5) is 0 Å². The molecule has 39 heavy (non-hydrogen) atoms. The number of esters is 1. The van der Waals surface area contributed by atoms with Crippen molar-refractivity contribution >= 4 is 5.97 Å². The van der Waals surface area contributed by atoms with Crippen molar-refractivity contribution in [3.63, 3.8) is 0 Å². The van der Waals surface area contributed by atoms with Crippen molar-refractivity contribution in [1.29, 1.82) is 0 Å². The van der Waals surface area contributed by atoms with E-state index in [0.717, 1.165) is 67.6 Å². The van der Waals surface area contributed by atoms with Gasteiger partial charge in [-0.1, -0.05) is 96.4 Å². The number of allylic oxidation sites excluding steroid dienone is 5. The van der Waals surface area contributed by atoms with E-state index in [1.807, 2.05) is 12.2 Å². The average molecular weight is 535 g/mol. The monoisotopic (exact) mass is 534 g/mol. The van der Waals surface area contributed by atoms with Gasteiger partial charge in [0, 0.05) is 12.5 Å². The fraction of sp³-hybridized carbons (Fsp3) is 0.757. The maximum absolute atomic E-state index is 12.5. The van der Waals surface area contributed by atoms with Crippen LogP contribution in [0.2, 0.25) is 0 Å². The molecule has 0 aromatic rings. The van der Waals surface area contributed by atoms with Crippen LogP contribution in [0, 0.1) is 46.3 Å². The minimum atomic E-state index is -0.160. The molecule has 0 bridgehead atoms. The highest BCUT2D eigenvalue weighted by Gasteiger charge is 2.59. The first-order valence-corrected chi connectivity index (χ1v) is 16.5. The van der Waals surface area contributed by atoms with Gasteiger partial charge in [-0.15, -0.1) is 0 Å². The van der Waals surface area contributed by atoms with E-state index in [2.05, 4.69) is 53.3 Å². The number of carbonyl (C=O) groups is 1. The summed E-state index contributed by atoms with van der Waals surface area (Å²) in [5, 5.41) is 0. The number of ether oxygens (including phenoxy) is 1. The summed E-state index contributed by atoms with van der Waals surface area (Å²) < 4.78 is 5.95. The van der Waals surface area contributed by atoms with E-state index < -0.39 is 0 Å². The maximum atomic E-state index is 12.5. The minimum Gasteiger partial charge on any atom is -0.459 e. The van der Waals surface area contributed by atoms with Crippen LogP contribution in [-0.4, -0.2) is 12.1 Å². The number of hydrogen-bond acceptors (Lipinski definition) is 2. The first-order valence-electron chi connectivity index (χ1n) is 16.5. The Morgan fingerprint density at radius 1 is 1.03 bits per heavy atom. The van der Waals surface area contributed by atoms with Gasteiger partial charge in [0.2, 0.25) is 0 Å². The second-order valence-electron chi connectivity index (χ2n) is 14.6. The number of fused-ring (bicyclic) bond motifs is 5. The molecule has 2 heteroatoms. The molecule has 0 N–H and O–H groups in total. The van der Waals surface area contributed by atoms with Crippen molar-refractivity contribution < 1.29 is 9.53 Å². The molecule has 4 rings (SSSR count). The maximum Gasteiger partial charge on any atom is 0.330 e. The normalized spacial score (nSPS) is 36.9. The van der Waals surface area contributed by atoms with Gasteiger partial charge < -0.3 is 4.74 Å². The highest BCUT2D eigenvalue weighted by molar-refractivity contribution is 5.82. The van der Waals surface area contributed by atoms with E-state index in [0.29, 0.717) is 10.8 Å². The van der Waals surface area contributed by atoms with Gasteiger partial charge >= 0.3 is 5.97 Å². The van der Waals surface area contributed by atoms with E-state index in [9.17, 15) is 4.79 Å². The molecule has 0 spiro atoms. The summed E-state index contributed by atoms with van der Waals surface area (Å²) >= 11 is 0. The molecule has 0 saturated heterocycles. The third-order valence-electron chi connectivity index (χ3n) is 11.8. The van der Waals surface area contributed by atoms with E-state index in [4.69, 9.17) is 4.74 Å². The lowest BCUT2D eigenvalue weighted by molar-refractivity contribution is -0.145. The van der Waals surface area contributed by atoms with Gasteiger partial charge in [0.05, 0.1) is 0 Å². The van der Waals surface area contributed by atoms with Crippen molar-refractivity contribution in [2.24, 2.45) is 46.3 Å². The SMILES string of the molecule is C=C/C=C/CCC/C=C/C(=O)OC1CC[C@@]2(C)C(=CC[C@H]3[C@@H]4CC[C@H]([C@H](C)CCCC(C)C)[C@@]4(C)CC[C@@H]32)C1. The third-order valence-corrected chi connectivity index (χ3v) is 11.8. The van der Waals surface area contributed by atoms with Crippen LogP contribution in [0.5, 0.6) is 0 Å². The highest BCUT2D eigenvalue weighted by Crippen LogP contribution is 2.67. The number of rotatable bonds is 12. The quantitative estimate of drug-likeness (QED) is 0.0818. The van der Waals surface area contributed by atoms with Crippen molar-refractivity contribution in [2.45, 2.75) is 131 Å². The number of hydrogen-bond donors (Lipinski definition) is 0. The van der Waals surface area contributed by atoms with Crippen molar-refractivity contribution in [1.82, 2.24) is 0 Å². The van der Waals surface area contributed by atoms with E-state index in [1.54, 1.807) is 17.7 Å². The molecule has 3 fully saturated rings. The topological polar surface area (TPSA) is 26.3 Å². The summed E-state index contributed by atoms with van der Waals surface area (Å²) in [4.78, 5) is 12.5. The molecule has 0 aromatic carbocycles. The Bertz CT molecular complexity index is 924. The fourth-order valence-electron chi connectivity index (χ4n) is 9.68. The van der Waals surface area contributed by atoms with Crippen LogP contribution in [0.3, 0.4) is 0 Å².